The summed E-state index contributed by atoms with van der Waals surface area (Å²) in [6.07, 6.45) is 0. The fourth-order valence-electron chi connectivity index (χ4n) is 2.12. The van der Waals surface area contributed by atoms with Crippen LogP contribution in [0.25, 0.3) is 11.4 Å². The standard InChI is InChI=1S/C17H17N3OS/c1-12-7-9-13(10-8-12)16-18-17(20-19-16)22-11-14-5-3-4-6-15(14)21-2/h3-10H,11H2,1-2H3,(H,18,19,20). The molecule has 0 bridgehead atoms. The van der Waals surface area contributed by atoms with Gasteiger partial charge in [-0.15, -0.1) is 5.10 Å². The second-order valence-electron chi connectivity index (χ2n) is 4.93. The Hall–Kier alpha value is -2.27. The molecule has 5 heteroatoms. The molecule has 0 aliphatic carbocycles. The summed E-state index contributed by atoms with van der Waals surface area (Å²) in [7, 11) is 1.69. The van der Waals surface area contributed by atoms with Crippen LogP contribution in [0.4, 0.5) is 0 Å². The van der Waals surface area contributed by atoms with E-state index in [4.69, 9.17) is 4.74 Å². The third kappa shape index (κ3) is 3.31. The lowest BCUT2D eigenvalue weighted by Gasteiger charge is -2.05. The SMILES string of the molecule is COc1ccccc1CSc1n[nH]c(-c2ccc(C)cc2)n1. The number of ether oxygens (including phenoxy) is 1. The van der Waals surface area contributed by atoms with Gasteiger partial charge in [0.25, 0.3) is 0 Å². The van der Waals surface area contributed by atoms with Crippen LogP contribution >= 0.6 is 11.8 Å². The average Bonchev–Trinajstić information content (AvgIpc) is 3.03. The summed E-state index contributed by atoms with van der Waals surface area (Å²) >= 11 is 1.59. The van der Waals surface area contributed by atoms with E-state index < -0.39 is 0 Å². The molecule has 0 aliphatic heterocycles. The van der Waals surface area contributed by atoms with Gasteiger partial charge in [-0.1, -0.05) is 59.8 Å². The fraction of sp³-hybridized carbons (Fsp3) is 0.176. The molecule has 0 saturated heterocycles. The van der Waals surface area contributed by atoms with E-state index in [1.807, 2.05) is 30.3 Å². The van der Waals surface area contributed by atoms with Crippen molar-refractivity contribution in [2.45, 2.75) is 17.8 Å². The Kier molecular flexibility index (Phi) is 4.44. The number of methoxy groups -OCH3 is 1. The molecule has 0 amide bonds. The van der Waals surface area contributed by atoms with E-state index >= 15 is 0 Å². The molecule has 0 radical (unpaired) electrons. The molecule has 3 aromatic rings. The second-order valence-corrected chi connectivity index (χ2v) is 5.88. The molecule has 112 valence electrons. The van der Waals surface area contributed by atoms with Crippen LogP contribution in [0, 0.1) is 6.92 Å². The first-order valence-electron chi connectivity index (χ1n) is 7.00. The summed E-state index contributed by atoms with van der Waals surface area (Å²) in [5.74, 6) is 2.46. The van der Waals surface area contributed by atoms with E-state index in [0.717, 1.165) is 33.6 Å². The van der Waals surface area contributed by atoms with Crippen LogP contribution in [0.5, 0.6) is 5.75 Å². The Morgan fingerprint density at radius 1 is 1.09 bits per heavy atom. The minimum atomic E-state index is 0.737. The molecule has 1 N–H and O–H groups in total. The summed E-state index contributed by atoms with van der Waals surface area (Å²) in [5, 5.41) is 8.00. The number of rotatable bonds is 5. The Morgan fingerprint density at radius 2 is 1.86 bits per heavy atom. The molecule has 0 aliphatic rings. The third-order valence-corrected chi connectivity index (χ3v) is 4.24. The molecular formula is C17H17N3OS. The van der Waals surface area contributed by atoms with Gasteiger partial charge < -0.3 is 4.74 Å². The second kappa shape index (κ2) is 6.66. The summed E-state index contributed by atoms with van der Waals surface area (Å²) in [6.45, 7) is 2.07. The summed E-state index contributed by atoms with van der Waals surface area (Å²) in [6, 6.07) is 16.2. The predicted octanol–water partition coefficient (Wildman–Crippen LogP) is 4.08. The van der Waals surface area contributed by atoms with Gasteiger partial charge in [0, 0.05) is 16.9 Å². The maximum atomic E-state index is 5.36. The predicted molar refractivity (Wildman–Crippen MR) is 89.1 cm³/mol. The van der Waals surface area contributed by atoms with Crippen molar-refractivity contribution in [2.75, 3.05) is 7.11 Å². The molecule has 2 aromatic carbocycles. The zero-order chi connectivity index (χ0) is 15.4. The number of para-hydroxylation sites is 1. The molecule has 0 unspecified atom stereocenters. The van der Waals surface area contributed by atoms with Crippen LogP contribution < -0.4 is 4.74 Å². The molecule has 22 heavy (non-hydrogen) atoms. The van der Waals surface area contributed by atoms with Gasteiger partial charge in [-0.25, -0.2) is 4.98 Å². The molecule has 0 spiro atoms. The Bertz CT molecular complexity index is 753. The lowest BCUT2D eigenvalue weighted by Crippen LogP contribution is -1.89. The van der Waals surface area contributed by atoms with Crippen molar-refractivity contribution < 1.29 is 4.74 Å². The van der Waals surface area contributed by atoms with Crippen LogP contribution in [0.2, 0.25) is 0 Å². The van der Waals surface area contributed by atoms with Gasteiger partial charge >= 0.3 is 0 Å². The quantitative estimate of drug-likeness (QED) is 0.721. The van der Waals surface area contributed by atoms with Crippen LogP contribution in [-0.4, -0.2) is 22.3 Å². The van der Waals surface area contributed by atoms with E-state index in [9.17, 15) is 0 Å². The number of aryl methyl sites for hydroxylation is 1. The zero-order valence-electron chi connectivity index (χ0n) is 12.5. The molecule has 4 nitrogen and oxygen atoms in total. The Labute approximate surface area is 133 Å². The van der Waals surface area contributed by atoms with E-state index in [1.54, 1.807) is 18.9 Å². The van der Waals surface area contributed by atoms with Gasteiger partial charge in [-0.3, -0.25) is 5.10 Å². The normalized spacial score (nSPS) is 10.6. The van der Waals surface area contributed by atoms with Gasteiger partial charge in [0.05, 0.1) is 7.11 Å². The largest absolute Gasteiger partial charge is 0.496 e. The number of aromatic amines is 1. The van der Waals surface area contributed by atoms with E-state index in [0.29, 0.717) is 0 Å². The van der Waals surface area contributed by atoms with E-state index in [1.165, 1.54) is 5.56 Å². The van der Waals surface area contributed by atoms with Gasteiger partial charge in [-0.05, 0) is 13.0 Å². The van der Waals surface area contributed by atoms with Crippen LogP contribution in [0.3, 0.4) is 0 Å². The number of benzene rings is 2. The van der Waals surface area contributed by atoms with Crippen molar-refractivity contribution in [1.29, 1.82) is 0 Å². The molecule has 0 saturated carbocycles. The van der Waals surface area contributed by atoms with Gasteiger partial charge in [0.2, 0.25) is 5.16 Å². The number of hydrogen-bond donors (Lipinski definition) is 1. The highest BCUT2D eigenvalue weighted by Crippen LogP contribution is 2.27. The smallest absolute Gasteiger partial charge is 0.209 e. The first kappa shape index (κ1) is 14.7. The number of H-pyrrole nitrogens is 1. The number of nitrogens with one attached hydrogen (secondary N) is 1. The topological polar surface area (TPSA) is 50.8 Å². The van der Waals surface area contributed by atoms with Crippen molar-refractivity contribution in [3.63, 3.8) is 0 Å². The maximum Gasteiger partial charge on any atom is 0.209 e. The van der Waals surface area contributed by atoms with Crippen molar-refractivity contribution in [3.8, 4) is 17.1 Å². The van der Waals surface area contributed by atoms with Crippen molar-refractivity contribution >= 4 is 11.8 Å². The fourth-order valence-corrected chi connectivity index (χ4v) is 2.91. The minimum Gasteiger partial charge on any atom is -0.496 e. The molecule has 1 aromatic heterocycles. The third-order valence-electron chi connectivity index (χ3n) is 3.34. The van der Waals surface area contributed by atoms with Crippen LogP contribution in [-0.2, 0) is 5.75 Å². The van der Waals surface area contributed by atoms with Crippen LogP contribution in [0.1, 0.15) is 11.1 Å². The highest BCUT2D eigenvalue weighted by atomic mass is 32.2. The highest BCUT2D eigenvalue weighted by Gasteiger charge is 2.08. The number of hydrogen-bond acceptors (Lipinski definition) is 4. The highest BCUT2D eigenvalue weighted by molar-refractivity contribution is 7.98. The van der Waals surface area contributed by atoms with Crippen LogP contribution in [0.15, 0.2) is 53.7 Å². The first-order chi connectivity index (χ1) is 10.8. The van der Waals surface area contributed by atoms with Gasteiger partial charge in [-0.2, -0.15) is 0 Å². The monoisotopic (exact) mass is 311 g/mol. The Balaban J connectivity index is 1.71. The lowest BCUT2D eigenvalue weighted by molar-refractivity contribution is 0.411. The van der Waals surface area contributed by atoms with E-state index in [2.05, 4.69) is 40.3 Å². The first-order valence-corrected chi connectivity index (χ1v) is 7.99. The number of thioether (sulfide) groups is 1. The minimum absolute atomic E-state index is 0.737. The van der Waals surface area contributed by atoms with Crippen molar-refractivity contribution in [1.82, 2.24) is 15.2 Å². The summed E-state index contributed by atoms with van der Waals surface area (Å²) in [4.78, 5) is 4.54. The summed E-state index contributed by atoms with van der Waals surface area (Å²) < 4.78 is 5.36. The number of nitrogens with zero attached hydrogens (tertiary/aromatic N) is 2. The molecule has 3 rings (SSSR count). The van der Waals surface area contributed by atoms with Gasteiger partial charge in [0.15, 0.2) is 5.82 Å². The molecule has 0 fully saturated rings. The average molecular weight is 311 g/mol. The molecule has 1 heterocycles. The summed E-state index contributed by atoms with van der Waals surface area (Å²) in [5.41, 5.74) is 3.41. The maximum absolute atomic E-state index is 5.36. The van der Waals surface area contributed by atoms with Crippen molar-refractivity contribution in [3.05, 3.63) is 59.7 Å². The Morgan fingerprint density at radius 3 is 2.64 bits per heavy atom. The lowest BCUT2D eigenvalue weighted by atomic mass is 10.1. The molecule has 0 atom stereocenters. The van der Waals surface area contributed by atoms with Crippen molar-refractivity contribution in [2.24, 2.45) is 0 Å². The van der Waals surface area contributed by atoms with E-state index in [-0.39, 0.29) is 0 Å². The van der Waals surface area contributed by atoms with Gasteiger partial charge in [0.1, 0.15) is 5.75 Å². The molecular weight excluding hydrogens is 294 g/mol. The zero-order valence-corrected chi connectivity index (χ0v) is 13.4. The number of aromatic nitrogens is 3.